The second-order valence-electron chi connectivity index (χ2n) is 4.63. The number of piperazine rings is 1. The van der Waals surface area contributed by atoms with Gasteiger partial charge in [0, 0.05) is 13.1 Å². The fourth-order valence-corrected chi connectivity index (χ4v) is 2.22. The number of carboxylic acid groups (broad SMARTS) is 1. The van der Waals surface area contributed by atoms with E-state index in [0.717, 1.165) is 9.80 Å². The van der Waals surface area contributed by atoms with Crippen LogP contribution < -0.4 is 10.6 Å². The van der Waals surface area contributed by atoms with E-state index in [2.05, 4.69) is 10.6 Å². The van der Waals surface area contributed by atoms with Gasteiger partial charge in [0.05, 0.1) is 13.0 Å². The summed E-state index contributed by atoms with van der Waals surface area (Å²) in [6, 6.07) is -1.81. The molecule has 0 aromatic carbocycles. The zero-order valence-electron chi connectivity index (χ0n) is 11.0. The third kappa shape index (κ3) is 3.09. The average Bonchev–Trinajstić information content (AvgIpc) is 2.72. The van der Waals surface area contributed by atoms with Crippen LogP contribution in [0, 0.1) is 0 Å². The van der Waals surface area contributed by atoms with Gasteiger partial charge in [-0.1, -0.05) is 0 Å². The third-order valence-electron chi connectivity index (χ3n) is 3.25. The summed E-state index contributed by atoms with van der Waals surface area (Å²) in [6.07, 6.45) is -0.530. The van der Waals surface area contributed by atoms with Crippen LogP contribution in [0.15, 0.2) is 0 Å². The topological polar surface area (TPSA) is 136 Å². The van der Waals surface area contributed by atoms with E-state index < -0.39 is 48.7 Å². The Kier molecular flexibility index (Phi) is 4.05. The fraction of sp³-hybridized carbons (Fsp3) is 0.545. The Bertz CT molecular complexity index is 503. The van der Waals surface area contributed by atoms with Gasteiger partial charge < -0.3 is 20.6 Å². The summed E-state index contributed by atoms with van der Waals surface area (Å²) in [5.74, 6) is -2.95. The van der Waals surface area contributed by atoms with E-state index in [4.69, 9.17) is 5.11 Å². The van der Waals surface area contributed by atoms with Crippen molar-refractivity contribution in [1.82, 2.24) is 20.4 Å². The number of urea groups is 1. The van der Waals surface area contributed by atoms with Crippen molar-refractivity contribution in [3.8, 4) is 0 Å². The van der Waals surface area contributed by atoms with Crippen LogP contribution in [0.5, 0.6) is 0 Å². The van der Waals surface area contributed by atoms with Crippen LogP contribution in [0.4, 0.5) is 4.79 Å². The first-order valence-electron chi connectivity index (χ1n) is 6.27. The molecule has 1 unspecified atom stereocenters. The molecule has 10 nitrogen and oxygen atoms in total. The lowest BCUT2D eigenvalue weighted by Crippen LogP contribution is -2.59. The Morgan fingerprint density at radius 3 is 2.52 bits per heavy atom. The minimum Gasteiger partial charge on any atom is -0.481 e. The molecule has 0 bridgehead atoms. The molecule has 0 radical (unpaired) electrons. The molecule has 3 N–H and O–H groups in total. The molecule has 1 atom stereocenters. The van der Waals surface area contributed by atoms with Crippen molar-refractivity contribution >= 4 is 29.7 Å². The Hall–Kier alpha value is -2.65. The van der Waals surface area contributed by atoms with E-state index in [9.17, 15) is 24.0 Å². The molecule has 2 fully saturated rings. The summed E-state index contributed by atoms with van der Waals surface area (Å²) >= 11 is 0. The maximum atomic E-state index is 12.2. The van der Waals surface area contributed by atoms with Gasteiger partial charge >= 0.3 is 12.0 Å². The highest BCUT2D eigenvalue weighted by molar-refractivity contribution is 6.05. The highest BCUT2D eigenvalue weighted by Crippen LogP contribution is 2.11. The lowest BCUT2D eigenvalue weighted by molar-refractivity contribution is -0.149. The summed E-state index contributed by atoms with van der Waals surface area (Å²) in [5.41, 5.74) is 0. The van der Waals surface area contributed by atoms with Gasteiger partial charge in [0.25, 0.3) is 5.91 Å². The number of hydrogen-bond acceptors (Lipinski definition) is 5. The first-order valence-corrected chi connectivity index (χ1v) is 6.27. The minimum absolute atomic E-state index is 0.131. The van der Waals surface area contributed by atoms with Crippen molar-refractivity contribution in [2.45, 2.75) is 12.5 Å². The van der Waals surface area contributed by atoms with Gasteiger partial charge in [-0.3, -0.25) is 24.1 Å². The molecule has 114 valence electrons. The SMILES string of the molecule is O=C(O)CC1C(=O)NCCN1C(=O)CN1C(=O)CNC1=O. The van der Waals surface area contributed by atoms with E-state index in [0.29, 0.717) is 0 Å². The number of nitrogens with one attached hydrogen (secondary N) is 2. The molecule has 0 saturated carbocycles. The second-order valence-corrected chi connectivity index (χ2v) is 4.63. The van der Waals surface area contributed by atoms with E-state index in [-0.39, 0.29) is 19.6 Å². The van der Waals surface area contributed by atoms with Crippen LogP contribution in [0.1, 0.15) is 6.42 Å². The summed E-state index contributed by atoms with van der Waals surface area (Å²) in [7, 11) is 0. The molecule has 2 aliphatic rings. The predicted octanol–water partition coefficient (Wildman–Crippen LogP) is -2.66. The largest absolute Gasteiger partial charge is 0.481 e. The summed E-state index contributed by atoms with van der Waals surface area (Å²) in [5, 5.41) is 13.6. The fourth-order valence-electron chi connectivity index (χ4n) is 2.22. The van der Waals surface area contributed by atoms with Gasteiger partial charge in [-0.25, -0.2) is 4.79 Å². The van der Waals surface area contributed by atoms with E-state index in [1.165, 1.54) is 0 Å². The molecule has 21 heavy (non-hydrogen) atoms. The first-order chi connectivity index (χ1) is 9.90. The van der Waals surface area contributed by atoms with Crippen LogP contribution in [0.25, 0.3) is 0 Å². The number of hydrogen-bond donors (Lipinski definition) is 3. The average molecular weight is 298 g/mol. The number of rotatable bonds is 4. The Morgan fingerprint density at radius 2 is 1.95 bits per heavy atom. The van der Waals surface area contributed by atoms with Crippen molar-refractivity contribution < 1.29 is 29.1 Å². The van der Waals surface area contributed by atoms with Crippen molar-refractivity contribution in [2.24, 2.45) is 0 Å². The number of nitrogens with zero attached hydrogens (tertiary/aromatic N) is 2. The van der Waals surface area contributed by atoms with Gasteiger partial charge in [-0.05, 0) is 0 Å². The normalized spacial score (nSPS) is 22.1. The Morgan fingerprint density at radius 1 is 1.24 bits per heavy atom. The zero-order chi connectivity index (χ0) is 15.6. The Balaban J connectivity index is 2.08. The number of amides is 5. The molecule has 2 saturated heterocycles. The molecule has 10 heteroatoms. The number of aliphatic carboxylic acids is 1. The van der Waals surface area contributed by atoms with Gasteiger partial charge in [0.15, 0.2) is 0 Å². The van der Waals surface area contributed by atoms with E-state index in [1.807, 2.05) is 0 Å². The summed E-state index contributed by atoms with van der Waals surface area (Å²) < 4.78 is 0. The van der Waals surface area contributed by atoms with Crippen LogP contribution in [-0.4, -0.2) is 76.8 Å². The smallest absolute Gasteiger partial charge is 0.325 e. The number of carbonyl (C=O) groups is 5. The van der Waals surface area contributed by atoms with Crippen LogP contribution in [0.3, 0.4) is 0 Å². The number of carbonyl (C=O) groups excluding carboxylic acids is 4. The molecule has 0 spiro atoms. The molecule has 2 aliphatic heterocycles. The van der Waals surface area contributed by atoms with Gasteiger partial charge in [-0.15, -0.1) is 0 Å². The first kappa shape index (κ1) is 14.8. The summed E-state index contributed by atoms with van der Waals surface area (Å²) in [4.78, 5) is 59.3. The molecule has 2 rings (SSSR count). The van der Waals surface area contributed by atoms with Crippen LogP contribution in [-0.2, 0) is 19.2 Å². The van der Waals surface area contributed by atoms with Crippen molar-refractivity contribution in [3.05, 3.63) is 0 Å². The highest BCUT2D eigenvalue weighted by Gasteiger charge is 2.37. The lowest BCUT2D eigenvalue weighted by Gasteiger charge is -2.34. The van der Waals surface area contributed by atoms with E-state index >= 15 is 0 Å². The van der Waals surface area contributed by atoms with Crippen molar-refractivity contribution in [1.29, 1.82) is 0 Å². The zero-order valence-corrected chi connectivity index (χ0v) is 11.0. The molecule has 0 aromatic heterocycles. The van der Waals surface area contributed by atoms with E-state index in [1.54, 1.807) is 0 Å². The highest BCUT2D eigenvalue weighted by atomic mass is 16.4. The second kappa shape index (κ2) is 5.77. The molecular weight excluding hydrogens is 284 g/mol. The molecule has 2 heterocycles. The predicted molar refractivity (Wildman–Crippen MR) is 65.9 cm³/mol. The van der Waals surface area contributed by atoms with Crippen LogP contribution >= 0.6 is 0 Å². The monoisotopic (exact) mass is 298 g/mol. The van der Waals surface area contributed by atoms with Crippen molar-refractivity contribution in [3.63, 3.8) is 0 Å². The lowest BCUT2D eigenvalue weighted by atomic mass is 10.1. The standard InChI is InChI=1S/C11H14N4O6/c16-7-4-13-11(21)15(7)5-8(17)14-2-1-12-10(20)6(14)3-9(18)19/h6H,1-5H2,(H,12,20)(H,13,21)(H,18,19). The van der Waals surface area contributed by atoms with Crippen molar-refractivity contribution in [2.75, 3.05) is 26.2 Å². The molecular formula is C11H14N4O6. The maximum Gasteiger partial charge on any atom is 0.325 e. The molecule has 0 aliphatic carbocycles. The van der Waals surface area contributed by atoms with Gasteiger partial charge in [0.1, 0.15) is 12.6 Å². The summed E-state index contributed by atoms with van der Waals surface area (Å²) in [6.45, 7) is -0.355. The number of imide groups is 1. The quantitative estimate of drug-likeness (QED) is 0.485. The number of carboxylic acids is 1. The molecule has 0 aromatic rings. The Labute approximate surface area is 119 Å². The minimum atomic E-state index is -1.22. The van der Waals surface area contributed by atoms with Crippen LogP contribution in [0.2, 0.25) is 0 Å². The molecule has 5 amide bonds. The van der Waals surface area contributed by atoms with Gasteiger partial charge in [-0.2, -0.15) is 0 Å². The third-order valence-corrected chi connectivity index (χ3v) is 3.25. The maximum absolute atomic E-state index is 12.2. The van der Waals surface area contributed by atoms with Gasteiger partial charge in [0.2, 0.25) is 11.8 Å².